The highest BCUT2D eigenvalue weighted by atomic mass is 19.1. The van der Waals surface area contributed by atoms with Crippen LogP contribution >= 0.6 is 0 Å². The number of hydrogen-bond donors (Lipinski definition) is 2. The zero-order chi connectivity index (χ0) is 28.5. The molecule has 7 nitrogen and oxygen atoms in total. The predicted molar refractivity (Wildman–Crippen MR) is 154 cm³/mol. The van der Waals surface area contributed by atoms with Crippen LogP contribution in [0.5, 0.6) is 0 Å². The number of pyridine rings is 1. The molecule has 4 aromatic carbocycles. The van der Waals surface area contributed by atoms with Crippen LogP contribution in [0.25, 0.3) is 27.5 Å². The third kappa shape index (κ3) is 5.27. The molecule has 0 fully saturated rings. The maximum atomic E-state index is 13.8. The highest BCUT2D eigenvalue weighted by Crippen LogP contribution is 2.25. The smallest absolute Gasteiger partial charge is 0.335 e. The monoisotopic (exact) mass is 544 g/mol. The lowest BCUT2D eigenvalue weighted by molar-refractivity contribution is 0.0696. The van der Waals surface area contributed by atoms with Crippen LogP contribution < -0.4 is 5.32 Å². The van der Waals surface area contributed by atoms with Crippen LogP contribution in [-0.2, 0) is 6.42 Å². The van der Waals surface area contributed by atoms with Crippen molar-refractivity contribution in [3.8, 4) is 11.1 Å². The average molecular weight is 545 g/mol. The van der Waals surface area contributed by atoms with E-state index >= 15 is 0 Å². The predicted octanol–water partition coefficient (Wildman–Crippen LogP) is 6.47. The van der Waals surface area contributed by atoms with Crippen LogP contribution in [-0.4, -0.2) is 31.6 Å². The van der Waals surface area contributed by atoms with Gasteiger partial charge in [0.1, 0.15) is 17.3 Å². The summed E-state index contributed by atoms with van der Waals surface area (Å²) in [5.41, 5.74) is 4.57. The zero-order valence-corrected chi connectivity index (χ0v) is 22.1. The molecule has 2 aromatic heterocycles. The van der Waals surface area contributed by atoms with Crippen molar-refractivity contribution >= 4 is 28.3 Å². The zero-order valence-electron chi connectivity index (χ0n) is 22.1. The van der Waals surface area contributed by atoms with E-state index in [4.69, 9.17) is 0 Å². The van der Waals surface area contributed by atoms with E-state index < -0.39 is 5.97 Å². The number of nitrogens with one attached hydrogen (secondary N) is 1. The molecule has 0 aliphatic heterocycles. The lowest BCUT2D eigenvalue weighted by Gasteiger charge is -2.17. The van der Waals surface area contributed by atoms with Crippen molar-refractivity contribution in [2.24, 2.45) is 0 Å². The number of carboxylic acid groups (broad SMARTS) is 1. The number of carbonyl (C=O) groups excluding carboxylic acids is 1. The second kappa shape index (κ2) is 10.7. The molecule has 1 atom stereocenters. The number of hydrogen-bond acceptors (Lipinski definition) is 4. The van der Waals surface area contributed by atoms with Gasteiger partial charge in [-0.05, 0) is 76.3 Å². The number of fused-ring (bicyclic) bond motifs is 2. The molecule has 0 bridgehead atoms. The van der Waals surface area contributed by atoms with E-state index in [-0.39, 0.29) is 23.3 Å². The lowest BCUT2D eigenvalue weighted by atomic mass is 10.0. The Balaban J connectivity index is 1.38. The van der Waals surface area contributed by atoms with Gasteiger partial charge in [-0.2, -0.15) is 0 Å². The number of aromatic carboxylic acids is 1. The van der Waals surface area contributed by atoms with E-state index in [2.05, 4.69) is 15.5 Å². The third-order valence-electron chi connectivity index (χ3n) is 7.15. The first-order valence-electron chi connectivity index (χ1n) is 13.1. The molecule has 6 aromatic rings. The van der Waals surface area contributed by atoms with E-state index in [0.29, 0.717) is 23.6 Å². The van der Waals surface area contributed by atoms with E-state index in [9.17, 15) is 19.1 Å². The number of nitrogens with zero attached hydrogens (tertiary/aromatic N) is 3. The van der Waals surface area contributed by atoms with Crippen molar-refractivity contribution in [1.29, 1.82) is 0 Å². The molecule has 0 unspecified atom stereocenters. The summed E-state index contributed by atoms with van der Waals surface area (Å²) in [6.45, 7) is 1.84. The molecule has 1 amide bonds. The molecule has 8 heteroatoms. The Morgan fingerprint density at radius 2 is 1.59 bits per heavy atom. The number of carbonyl (C=O) groups is 2. The van der Waals surface area contributed by atoms with Crippen LogP contribution in [0.3, 0.4) is 0 Å². The Hall–Kier alpha value is -5.37. The van der Waals surface area contributed by atoms with Gasteiger partial charge in [0, 0.05) is 6.42 Å². The van der Waals surface area contributed by atoms with Crippen LogP contribution in [0.1, 0.15) is 50.8 Å². The Morgan fingerprint density at radius 1 is 0.854 bits per heavy atom. The van der Waals surface area contributed by atoms with Gasteiger partial charge >= 0.3 is 5.97 Å². The molecule has 0 radical (unpaired) electrons. The maximum absolute atomic E-state index is 13.8. The fourth-order valence-corrected chi connectivity index (χ4v) is 4.98. The molecule has 2 N–H and O–H groups in total. The van der Waals surface area contributed by atoms with Crippen LogP contribution in [0.4, 0.5) is 4.39 Å². The molecule has 41 heavy (non-hydrogen) atoms. The van der Waals surface area contributed by atoms with Gasteiger partial charge in [0.15, 0.2) is 5.65 Å². The Labute approximate surface area is 234 Å². The lowest BCUT2D eigenvalue weighted by Crippen LogP contribution is -2.28. The van der Waals surface area contributed by atoms with Crippen LogP contribution in [0.2, 0.25) is 0 Å². The minimum absolute atomic E-state index is 0.178. The summed E-state index contributed by atoms with van der Waals surface area (Å²) < 4.78 is 15.4. The summed E-state index contributed by atoms with van der Waals surface area (Å²) in [6, 6.07) is 29.9. The second-order valence-electron chi connectivity index (χ2n) is 9.93. The number of benzene rings is 4. The van der Waals surface area contributed by atoms with E-state index in [1.807, 2.05) is 67.6 Å². The van der Waals surface area contributed by atoms with Gasteiger partial charge in [0.05, 0.1) is 11.6 Å². The van der Waals surface area contributed by atoms with Crippen molar-refractivity contribution < 1.29 is 19.1 Å². The molecular formula is C33H25FN4O3. The van der Waals surface area contributed by atoms with Gasteiger partial charge in [-0.25, -0.2) is 9.18 Å². The van der Waals surface area contributed by atoms with Gasteiger partial charge in [0.2, 0.25) is 0 Å². The molecule has 0 aliphatic rings. The van der Waals surface area contributed by atoms with Gasteiger partial charge in [-0.15, -0.1) is 10.2 Å². The first kappa shape index (κ1) is 25.9. The van der Waals surface area contributed by atoms with Gasteiger partial charge in [-0.1, -0.05) is 66.7 Å². The Morgan fingerprint density at radius 3 is 2.34 bits per heavy atom. The van der Waals surface area contributed by atoms with Crippen molar-refractivity contribution in [2.75, 3.05) is 0 Å². The minimum atomic E-state index is -1.01. The van der Waals surface area contributed by atoms with Crippen molar-refractivity contribution in [3.63, 3.8) is 0 Å². The second-order valence-corrected chi connectivity index (χ2v) is 9.93. The normalized spacial score (nSPS) is 12.0. The summed E-state index contributed by atoms with van der Waals surface area (Å²) >= 11 is 0. The average Bonchev–Trinajstić information content (AvgIpc) is 3.39. The molecule has 202 valence electrons. The van der Waals surface area contributed by atoms with Crippen LogP contribution in [0, 0.1) is 5.82 Å². The first-order valence-corrected chi connectivity index (χ1v) is 13.1. The number of halogens is 1. The van der Waals surface area contributed by atoms with E-state index in [1.165, 1.54) is 24.3 Å². The molecule has 0 spiro atoms. The number of amides is 1. The van der Waals surface area contributed by atoms with Gasteiger partial charge < -0.3 is 10.4 Å². The number of rotatable bonds is 7. The van der Waals surface area contributed by atoms with E-state index in [0.717, 1.165) is 33.0 Å². The first-order chi connectivity index (χ1) is 19.9. The summed E-state index contributed by atoms with van der Waals surface area (Å²) in [6.07, 6.45) is 0.408. The number of aromatic nitrogens is 3. The summed E-state index contributed by atoms with van der Waals surface area (Å²) in [7, 11) is 0. The van der Waals surface area contributed by atoms with Crippen molar-refractivity contribution in [2.45, 2.75) is 19.4 Å². The van der Waals surface area contributed by atoms with Crippen molar-refractivity contribution in [3.05, 3.63) is 137 Å². The highest BCUT2D eigenvalue weighted by Gasteiger charge is 2.20. The SMILES string of the molecule is C[C@H](NC(=O)c1cc(-c2ccccc2)cc2nnc(Cc3ccc4cc(F)ccc4c3)n12)c1ccc(C(=O)O)cc1. The molecule has 2 heterocycles. The largest absolute Gasteiger partial charge is 0.478 e. The standard InChI is InChI=1S/C33H25FN4O3/c1-20(22-9-11-24(12-10-22)33(40)41)35-32(39)29-18-27(23-5-3-2-4-6-23)19-31-37-36-30(38(29)31)16-21-7-8-26-17-28(34)14-13-25(26)15-21/h2-15,17-20H,16H2,1H3,(H,35,39)(H,40,41)/t20-/m0/s1. The fourth-order valence-electron chi connectivity index (χ4n) is 4.98. The molecule has 0 aliphatic carbocycles. The fraction of sp³-hybridized carbons (Fsp3) is 0.0909. The third-order valence-corrected chi connectivity index (χ3v) is 7.15. The summed E-state index contributed by atoms with van der Waals surface area (Å²) in [5, 5.41) is 22.8. The molecule has 6 rings (SSSR count). The van der Waals surface area contributed by atoms with Crippen molar-refractivity contribution in [1.82, 2.24) is 19.9 Å². The maximum Gasteiger partial charge on any atom is 0.335 e. The summed E-state index contributed by atoms with van der Waals surface area (Å²) in [5.74, 6) is -1.03. The summed E-state index contributed by atoms with van der Waals surface area (Å²) in [4.78, 5) is 25.0. The molecule has 0 saturated heterocycles. The number of carboxylic acids is 1. The Bertz CT molecular complexity index is 1920. The Kier molecular flexibility index (Phi) is 6.73. The molecule has 0 saturated carbocycles. The van der Waals surface area contributed by atoms with E-state index in [1.54, 1.807) is 22.6 Å². The quantitative estimate of drug-likeness (QED) is 0.240. The topological polar surface area (TPSA) is 96.6 Å². The minimum Gasteiger partial charge on any atom is -0.478 e. The van der Waals surface area contributed by atoms with Gasteiger partial charge in [0.25, 0.3) is 5.91 Å². The highest BCUT2D eigenvalue weighted by molar-refractivity contribution is 5.95. The van der Waals surface area contributed by atoms with Gasteiger partial charge in [-0.3, -0.25) is 9.20 Å². The molecular weight excluding hydrogens is 519 g/mol. The van der Waals surface area contributed by atoms with Crippen LogP contribution in [0.15, 0.2) is 103 Å².